The van der Waals surface area contributed by atoms with Crippen molar-refractivity contribution >= 4 is 17.1 Å². The van der Waals surface area contributed by atoms with Gasteiger partial charge in [0.15, 0.2) is 11.2 Å². The Balaban J connectivity index is 1.46. The van der Waals surface area contributed by atoms with Crippen LogP contribution in [-0.2, 0) is 32.0 Å². The van der Waals surface area contributed by atoms with Gasteiger partial charge in [-0.2, -0.15) is 0 Å². The second-order valence-corrected chi connectivity index (χ2v) is 8.03. The summed E-state index contributed by atoms with van der Waals surface area (Å²) < 4.78 is 3.90. The van der Waals surface area contributed by atoms with E-state index < -0.39 is 11.2 Å². The Bertz CT molecular complexity index is 1240. The van der Waals surface area contributed by atoms with E-state index in [0.29, 0.717) is 13.1 Å². The fraction of sp³-hybridized carbons (Fsp3) is 0.476. The third-order valence-corrected chi connectivity index (χ3v) is 5.80. The number of hydrogen-bond donors (Lipinski definition) is 0. The van der Waals surface area contributed by atoms with Crippen molar-refractivity contribution in [2.24, 2.45) is 14.1 Å². The van der Waals surface area contributed by atoms with Crippen LogP contribution >= 0.6 is 0 Å². The van der Waals surface area contributed by atoms with E-state index in [0.717, 1.165) is 42.0 Å². The molecule has 4 heterocycles. The average Bonchev–Trinajstić information content (AvgIpc) is 3.01. The van der Waals surface area contributed by atoms with Crippen molar-refractivity contribution in [1.82, 2.24) is 33.5 Å². The monoisotopic (exact) mass is 425 g/mol. The summed E-state index contributed by atoms with van der Waals surface area (Å²) >= 11 is 0. The molecule has 0 spiro atoms. The molecule has 3 aromatic rings. The first-order valence-electron chi connectivity index (χ1n) is 10.4. The summed E-state index contributed by atoms with van der Waals surface area (Å²) in [5.74, 6) is -0.0641. The maximum atomic E-state index is 13.0. The number of fused-ring (bicyclic) bond motifs is 1. The lowest BCUT2D eigenvalue weighted by Gasteiger charge is -2.22. The number of rotatable bonds is 4. The lowest BCUT2D eigenvalue weighted by Crippen LogP contribution is -2.39. The highest BCUT2D eigenvalue weighted by atomic mass is 16.2. The molecular formula is C21H27N7O3. The lowest BCUT2D eigenvalue weighted by atomic mass is 10.3. The molecule has 10 heteroatoms. The highest BCUT2D eigenvalue weighted by molar-refractivity contribution is 5.79. The van der Waals surface area contributed by atoms with Gasteiger partial charge in [0.25, 0.3) is 5.56 Å². The van der Waals surface area contributed by atoms with Gasteiger partial charge >= 0.3 is 5.69 Å². The molecule has 3 aromatic heterocycles. The molecule has 0 aliphatic carbocycles. The van der Waals surface area contributed by atoms with Crippen molar-refractivity contribution in [2.75, 3.05) is 26.2 Å². The molecule has 164 valence electrons. The smallest absolute Gasteiger partial charge is 0.332 e. The molecule has 1 fully saturated rings. The molecule has 1 aliphatic heterocycles. The van der Waals surface area contributed by atoms with Crippen LogP contribution in [0.2, 0.25) is 0 Å². The van der Waals surface area contributed by atoms with Gasteiger partial charge in [-0.3, -0.25) is 28.6 Å². The molecule has 1 saturated heterocycles. The molecule has 0 unspecified atom stereocenters. The predicted molar refractivity (Wildman–Crippen MR) is 116 cm³/mol. The van der Waals surface area contributed by atoms with Gasteiger partial charge < -0.3 is 9.47 Å². The fourth-order valence-corrected chi connectivity index (χ4v) is 4.06. The molecule has 0 atom stereocenters. The highest BCUT2D eigenvalue weighted by Gasteiger charge is 2.22. The first kappa shape index (κ1) is 21.0. The van der Waals surface area contributed by atoms with Crippen molar-refractivity contribution in [1.29, 1.82) is 0 Å². The maximum Gasteiger partial charge on any atom is 0.332 e. The van der Waals surface area contributed by atoms with Crippen LogP contribution in [-0.4, -0.2) is 65.6 Å². The number of aryl methyl sites for hydroxylation is 2. The summed E-state index contributed by atoms with van der Waals surface area (Å²) in [4.78, 5) is 50.6. The molecule has 0 bridgehead atoms. The van der Waals surface area contributed by atoms with Crippen LogP contribution in [0.25, 0.3) is 11.2 Å². The maximum absolute atomic E-state index is 13.0. The highest BCUT2D eigenvalue weighted by Crippen LogP contribution is 2.11. The van der Waals surface area contributed by atoms with Gasteiger partial charge in [0.05, 0.1) is 12.0 Å². The van der Waals surface area contributed by atoms with E-state index >= 15 is 0 Å². The molecular weight excluding hydrogens is 398 g/mol. The molecule has 0 radical (unpaired) electrons. The number of nitrogens with zero attached hydrogens (tertiary/aromatic N) is 7. The second kappa shape index (κ2) is 8.46. The van der Waals surface area contributed by atoms with Crippen molar-refractivity contribution in [3.63, 3.8) is 0 Å². The Morgan fingerprint density at radius 1 is 1.06 bits per heavy atom. The van der Waals surface area contributed by atoms with Gasteiger partial charge in [0.1, 0.15) is 6.54 Å². The van der Waals surface area contributed by atoms with Gasteiger partial charge in [-0.05, 0) is 25.5 Å². The van der Waals surface area contributed by atoms with Crippen LogP contribution in [0.5, 0.6) is 0 Å². The van der Waals surface area contributed by atoms with E-state index in [9.17, 15) is 14.4 Å². The molecule has 0 N–H and O–H groups in total. The Kier molecular flexibility index (Phi) is 5.73. The van der Waals surface area contributed by atoms with Crippen molar-refractivity contribution in [3.05, 3.63) is 56.8 Å². The SMILES string of the molecule is Cc1cccc(CN2CCCN(C(=O)Cn3cnc4c3c(=O)n(C)c(=O)n4C)CC2)n1. The summed E-state index contributed by atoms with van der Waals surface area (Å²) in [5.41, 5.74) is 1.70. The van der Waals surface area contributed by atoms with E-state index in [1.807, 2.05) is 30.0 Å². The van der Waals surface area contributed by atoms with Gasteiger partial charge in [-0.25, -0.2) is 9.78 Å². The van der Waals surface area contributed by atoms with Crippen LogP contribution in [0.1, 0.15) is 17.8 Å². The minimum absolute atomic E-state index is 0.0172. The third kappa shape index (κ3) is 4.15. The van der Waals surface area contributed by atoms with Gasteiger partial charge in [-0.1, -0.05) is 6.07 Å². The zero-order valence-electron chi connectivity index (χ0n) is 18.1. The van der Waals surface area contributed by atoms with Crippen molar-refractivity contribution < 1.29 is 4.79 Å². The summed E-state index contributed by atoms with van der Waals surface area (Å²) in [6.07, 6.45) is 2.33. The molecule has 0 aromatic carbocycles. The Labute approximate surface area is 179 Å². The average molecular weight is 425 g/mol. The molecule has 1 amide bonds. The number of carbonyl (C=O) groups is 1. The van der Waals surface area contributed by atoms with Crippen molar-refractivity contribution in [2.45, 2.75) is 26.4 Å². The van der Waals surface area contributed by atoms with E-state index in [1.54, 1.807) is 11.6 Å². The minimum atomic E-state index is -0.448. The molecule has 1 aliphatic rings. The summed E-state index contributed by atoms with van der Waals surface area (Å²) in [7, 11) is 2.99. The van der Waals surface area contributed by atoms with Gasteiger partial charge in [0.2, 0.25) is 5.91 Å². The summed E-state index contributed by atoms with van der Waals surface area (Å²) in [5, 5.41) is 0. The quantitative estimate of drug-likeness (QED) is 0.578. The molecule has 0 saturated carbocycles. The van der Waals surface area contributed by atoms with Crippen molar-refractivity contribution in [3.8, 4) is 0 Å². The number of hydrogen-bond acceptors (Lipinski definition) is 6. The second-order valence-electron chi connectivity index (χ2n) is 8.03. The third-order valence-electron chi connectivity index (χ3n) is 5.80. The molecule has 10 nitrogen and oxygen atoms in total. The van der Waals surface area contributed by atoms with E-state index in [4.69, 9.17) is 0 Å². The zero-order valence-corrected chi connectivity index (χ0v) is 18.1. The fourth-order valence-electron chi connectivity index (χ4n) is 4.06. The first-order valence-corrected chi connectivity index (χ1v) is 10.4. The van der Waals surface area contributed by atoms with E-state index in [1.165, 1.54) is 17.9 Å². The number of imidazole rings is 1. The standard InChI is InChI=1S/C21H27N7O3/c1-15-6-4-7-16(23-15)12-26-8-5-9-27(11-10-26)17(29)13-28-14-22-19-18(28)20(30)25(3)21(31)24(19)2/h4,6-7,14H,5,8-13H2,1-3H3. The first-order chi connectivity index (χ1) is 14.8. The number of aromatic nitrogens is 5. The van der Waals surface area contributed by atoms with Crippen LogP contribution < -0.4 is 11.2 Å². The van der Waals surface area contributed by atoms with E-state index in [2.05, 4.69) is 14.9 Å². The number of amides is 1. The predicted octanol–water partition coefficient (Wildman–Crippen LogP) is -0.128. The minimum Gasteiger partial charge on any atom is -0.340 e. The van der Waals surface area contributed by atoms with Gasteiger partial charge in [0, 0.05) is 52.5 Å². The van der Waals surface area contributed by atoms with Crippen LogP contribution in [0, 0.1) is 6.92 Å². The lowest BCUT2D eigenvalue weighted by molar-refractivity contribution is -0.131. The van der Waals surface area contributed by atoms with Gasteiger partial charge in [-0.15, -0.1) is 0 Å². The molecule has 31 heavy (non-hydrogen) atoms. The number of pyridine rings is 1. The van der Waals surface area contributed by atoms with Crippen LogP contribution in [0.4, 0.5) is 0 Å². The Hall–Kier alpha value is -3.27. The Morgan fingerprint density at radius 3 is 2.65 bits per heavy atom. The topological polar surface area (TPSA) is 98.3 Å². The number of carbonyl (C=O) groups excluding carboxylic acids is 1. The normalized spacial score (nSPS) is 15.4. The van der Waals surface area contributed by atoms with E-state index in [-0.39, 0.29) is 23.6 Å². The molecule has 4 rings (SSSR count). The largest absolute Gasteiger partial charge is 0.340 e. The summed E-state index contributed by atoms with van der Waals surface area (Å²) in [6, 6.07) is 6.02. The van der Waals surface area contributed by atoms with Crippen LogP contribution in [0.15, 0.2) is 34.1 Å². The zero-order chi connectivity index (χ0) is 22.1. The Morgan fingerprint density at radius 2 is 1.87 bits per heavy atom. The summed E-state index contributed by atoms with van der Waals surface area (Å²) in [6.45, 7) is 5.71. The van der Waals surface area contributed by atoms with Crippen LogP contribution in [0.3, 0.4) is 0 Å².